The van der Waals surface area contributed by atoms with Crippen molar-refractivity contribution < 1.29 is 0 Å². The fourth-order valence-electron chi connectivity index (χ4n) is 3.08. The first-order valence-electron chi connectivity index (χ1n) is 9.31. The van der Waals surface area contributed by atoms with E-state index in [1.54, 1.807) is 23.3 Å². The van der Waals surface area contributed by atoms with Gasteiger partial charge in [-0.05, 0) is 48.6 Å². The largest absolute Gasteiger partial charge is 0.383 e. The van der Waals surface area contributed by atoms with Crippen LogP contribution >= 0.6 is 0 Å². The molecule has 0 aliphatic rings. The van der Waals surface area contributed by atoms with Crippen molar-refractivity contribution in [2.24, 2.45) is 12.8 Å². The summed E-state index contributed by atoms with van der Waals surface area (Å²) < 4.78 is 1.65. The molecule has 0 radical (unpaired) electrons. The Bertz CT molecular complexity index is 1180. The summed E-state index contributed by atoms with van der Waals surface area (Å²) in [7, 11) is 1.81. The summed E-state index contributed by atoms with van der Waals surface area (Å²) >= 11 is 0. The van der Waals surface area contributed by atoms with Gasteiger partial charge >= 0.3 is 0 Å². The summed E-state index contributed by atoms with van der Waals surface area (Å²) in [6.45, 7) is 4.07. The van der Waals surface area contributed by atoms with E-state index in [9.17, 15) is 0 Å². The number of anilines is 3. The molecule has 0 saturated carbocycles. The topological polar surface area (TPSA) is 133 Å². The fourth-order valence-corrected chi connectivity index (χ4v) is 3.08. The molecule has 0 saturated heterocycles. The Morgan fingerprint density at radius 2 is 1.93 bits per heavy atom. The van der Waals surface area contributed by atoms with Crippen LogP contribution < -0.4 is 16.8 Å². The Morgan fingerprint density at radius 3 is 2.66 bits per heavy atom. The van der Waals surface area contributed by atoms with Gasteiger partial charge in [-0.25, -0.2) is 19.6 Å². The number of nitrogen functional groups attached to an aromatic ring is 1. The fraction of sp³-hybridized carbons (Fsp3) is 0.250. The Kier molecular flexibility index (Phi) is 4.59. The van der Waals surface area contributed by atoms with Crippen molar-refractivity contribution in [2.75, 3.05) is 11.1 Å². The van der Waals surface area contributed by atoms with Crippen LogP contribution in [0.25, 0.3) is 22.2 Å². The van der Waals surface area contributed by atoms with E-state index in [4.69, 9.17) is 11.5 Å². The van der Waals surface area contributed by atoms with Gasteiger partial charge in [-0.3, -0.25) is 0 Å². The summed E-state index contributed by atoms with van der Waals surface area (Å²) in [6, 6.07) is 7.73. The minimum Gasteiger partial charge on any atom is -0.383 e. The maximum Gasteiger partial charge on any atom is 0.133 e. The van der Waals surface area contributed by atoms with Crippen molar-refractivity contribution in [1.82, 2.24) is 29.9 Å². The highest BCUT2D eigenvalue weighted by Gasteiger charge is 2.19. The van der Waals surface area contributed by atoms with E-state index < -0.39 is 5.54 Å². The third kappa shape index (κ3) is 3.59. The van der Waals surface area contributed by atoms with E-state index in [-0.39, 0.29) is 0 Å². The van der Waals surface area contributed by atoms with Crippen molar-refractivity contribution in [2.45, 2.75) is 25.8 Å². The van der Waals surface area contributed by atoms with Crippen LogP contribution in [0.1, 0.15) is 25.8 Å². The van der Waals surface area contributed by atoms with E-state index >= 15 is 0 Å². The van der Waals surface area contributed by atoms with Crippen molar-refractivity contribution in [3.8, 4) is 11.4 Å². The molecule has 0 fully saturated rings. The molecule has 4 heterocycles. The zero-order valence-corrected chi connectivity index (χ0v) is 16.6. The first-order chi connectivity index (χ1) is 13.9. The van der Waals surface area contributed by atoms with E-state index in [1.807, 2.05) is 38.2 Å². The van der Waals surface area contributed by atoms with Crippen molar-refractivity contribution in [1.29, 1.82) is 0 Å². The molecule has 0 spiro atoms. The number of hydrogen-bond donors (Lipinski definition) is 3. The standard InChI is InChI=1S/C20H23N9/c1-4-20(2,22)13-5-6-23-18(9-13)27-17-8-12-7-15(16-11-25-28-29(16)3)26-19(21)14(12)10-24-17/h5-11H,4,22H2,1-3H3,(H2,21,26)(H,23,24,27)/t20-/m0/s1. The second kappa shape index (κ2) is 7.10. The SMILES string of the molecule is CC[C@](C)(N)c1ccnc(Nc2cc3cc(-c4cnnn4C)nc(N)c3cn2)c1. The van der Waals surface area contributed by atoms with Crippen molar-refractivity contribution >= 4 is 28.2 Å². The van der Waals surface area contributed by atoms with Crippen LogP contribution in [0.2, 0.25) is 0 Å². The highest BCUT2D eigenvalue weighted by Crippen LogP contribution is 2.28. The molecule has 148 valence electrons. The van der Waals surface area contributed by atoms with Crippen LogP contribution in [-0.2, 0) is 12.6 Å². The zero-order chi connectivity index (χ0) is 20.6. The number of nitrogens with one attached hydrogen (secondary N) is 1. The van der Waals surface area contributed by atoms with Crippen LogP contribution in [0.15, 0.2) is 42.9 Å². The predicted molar refractivity (Wildman–Crippen MR) is 113 cm³/mol. The molecule has 9 heteroatoms. The van der Waals surface area contributed by atoms with Gasteiger partial charge in [-0.1, -0.05) is 12.1 Å². The Labute approximate surface area is 168 Å². The van der Waals surface area contributed by atoms with Crippen LogP contribution in [0.4, 0.5) is 17.5 Å². The predicted octanol–water partition coefficient (Wildman–Crippen LogP) is 2.73. The smallest absolute Gasteiger partial charge is 0.133 e. The summed E-state index contributed by atoms with van der Waals surface area (Å²) in [6.07, 6.45) is 5.92. The van der Waals surface area contributed by atoms with E-state index in [0.717, 1.165) is 28.5 Å². The van der Waals surface area contributed by atoms with Crippen molar-refractivity contribution in [3.05, 3.63) is 48.4 Å². The molecule has 1 atom stereocenters. The van der Waals surface area contributed by atoms with E-state index in [2.05, 4.69) is 37.5 Å². The average Bonchev–Trinajstić information content (AvgIpc) is 3.14. The molecule has 0 aliphatic heterocycles. The van der Waals surface area contributed by atoms with E-state index in [1.165, 1.54) is 0 Å². The van der Waals surface area contributed by atoms with Gasteiger partial charge in [-0.15, -0.1) is 5.10 Å². The molecule has 5 N–H and O–H groups in total. The van der Waals surface area contributed by atoms with Gasteiger partial charge < -0.3 is 16.8 Å². The minimum absolute atomic E-state index is 0.403. The number of nitrogens with two attached hydrogens (primary N) is 2. The molecule has 0 aliphatic carbocycles. The first kappa shape index (κ1) is 18.8. The molecule has 0 amide bonds. The van der Waals surface area contributed by atoms with Gasteiger partial charge in [0.25, 0.3) is 0 Å². The number of aromatic nitrogens is 6. The highest BCUT2D eigenvalue weighted by atomic mass is 15.4. The Hall–Kier alpha value is -3.59. The Morgan fingerprint density at radius 1 is 1.14 bits per heavy atom. The third-order valence-electron chi connectivity index (χ3n) is 5.13. The number of hydrogen-bond acceptors (Lipinski definition) is 8. The summed E-state index contributed by atoms with van der Waals surface area (Å²) in [5.74, 6) is 1.73. The average molecular weight is 389 g/mol. The summed E-state index contributed by atoms with van der Waals surface area (Å²) in [4.78, 5) is 13.3. The van der Waals surface area contributed by atoms with Crippen LogP contribution in [-0.4, -0.2) is 29.9 Å². The highest BCUT2D eigenvalue weighted by molar-refractivity contribution is 5.94. The van der Waals surface area contributed by atoms with Gasteiger partial charge in [-0.2, -0.15) is 0 Å². The van der Waals surface area contributed by atoms with Crippen LogP contribution in [0.3, 0.4) is 0 Å². The van der Waals surface area contributed by atoms with Gasteiger partial charge in [0.2, 0.25) is 0 Å². The first-order valence-corrected chi connectivity index (χ1v) is 9.31. The van der Waals surface area contributed by atoms with Crippen LogP contribution in [0.5, 0.6) is 0 Å². The number of rotatable bonds is 5. The molecule has 0 bridgehead atoms. The summed E-state index contributed by atoms with van der Waals surface area (Å²) in [5.41, 5.74) is 14.6. The van der Waals surface area contributed by atoms with Crippen LogP contribution in [0, 0.1) is 0 Å². The second-order valence-corrected chi connectivity index (χ2v) is 7.25. The lowest BCUT2D eigenvalue weighted by Gasteiger charge is -2.23. The molecule has 9 nitrogen and oxygen atoms in total. The molecular weight excluding hydrogens is 366 g/mol. The number of aryl methyl sites for hydroxylation is 1. The minimum atomic E-state index is -0.414. The lowest BCUT2D eigenvalue weighted by molar-refractivity contribution is 0.476. The number of nitrogens with zero attached hydrogens (tertiary/aromatic N) is 6. The third-order valence-corrected chi connectivity index (χ3v) is 5.13. The van der Waals surface area contributed by atoms with Crippen molar-refractivity contribution in [3.63, 3.8) is 0 Å². The summed E-state index contributed by atoms with van der Waals surface area (Å²) in [5, 5.41) is 12.8. The number of fused-ring (bicyclic) bond motifs is 1. The van der Waals surface area contributed by atoms with Gasteiger partial charge in [0, 0.05) is 30.4 Å². The lowest BCUT2D eigenvalue weighted by Crippen LogP contribution is -2.32. The molecule has 29 heavy (non-hydrogen) atoms. The number of pyridine rings is 3. The van der Waals surface area contributed by atoms with Gasteiger partial charge in [0.05, 0.1) is 11.9 Å². The second-order valence-electron chi connectivity index (χ2n) is 7.25. The molecule has 4 aromatic heterocycles. The molecule has 4 rings (SSSR count). The molecule has 0 aromatic carbocycles. The maximum atomic E-state index is 6.36. The monoisotopic (exact) mass is 389 g/mol. The van der Waals surface area contributed by atoms with Gasteiger partial charge in [0.1, 0.15) is 23.1 Å². The molecule has 0 unspecified atom stereocenters. The lowest BCUT2D eigenvalue weighted by atomic mass is 9.91. The normalized spacial score (nSPS) is 13.4. The maximum absolute atomic E-state index is 6.36. The molecule has 4 aromatic rings. The van der Waals surface area contributed by atoms with Gasteiger partial charge in [0.15, 0.2) is 0 Å². The van der Waals surface area contributed by atoms with E-state index in [0.29, 0.717) is 23.1 Å². The molecular formula is C20H23N9. The quantitative estimate of drug-likeness (QED) is 0.474. The zero-order valence-electron chi connectivity index (χ0n) is 16.6. The Balaban J connectivity index is 1.71.